The molecule has 0 bridgehead atoms. The summed E-state index contributed by atoms with van der Waals surface area (Å²) in [5.74, 6) is 1.31. The fourth-order valence-corrected chi connectivity index (χ4v) is 3.63. The second-order valence-corrected chi connectivity index (χ2v) is 7.65. The summed E-state index contributed by atoms with van der Waals surface area (Å²) in [6, 6.07) is 15.9. The molecule has 148 valence electrons. The van der Waals surface area contributed by atoms with Crippen LogP contribution in [0.4, 0.5) is 11.6 Å². The SMILES string of the molecule is CC(C)N1CCC(Oc2cccc3cnc(Nc4ccc(C#N)cc4)nc23)CC1. The number of anilines is 2. The monoisotopic (exact) mass is 387 g/mol. The van der Waals surface area contributed by atoms with Crippen LogP contribution in [0.25, 0.3) is 10.9 Å². The van der Waals surface area contributed by atoms with Crippen LogP contribution in [0.2, 0.25) is 0 Å². The predicted molar refractivity (Wildman–Crippen MR) is 114 cm³/mol. The van der Waals surface area contributed by atoms with E-state index in [0.717, 1.165) is 48.3 Å². The number of rotatable bonds is 5. The maximum absolute atomic E-state index is 8.93. The number of ether oxygens (including phenoxy) is 1. The zero-order valence-electron chi connectivity index (χ0n) is 16.8. The van der Waals surface area contributed by atoms with Gasteiger partial charge < -0.3 is 15.0 Å². The van der Waals surface area contributed by atoms with Crippen LogP contribution >= 0.6 is 0 Å². The molecule has 1 saturated heterocycles. The van der Waals surface area contributed by atoms with Gasteiger partial charge in [-0.15, -0.1) is 0 Å². The number of likely N-dealkylation sites (tertiary alicyclic amines) is 1. The molecular weight excluding hydrogens is 362 g/mol. The number of aromatic nitrogens is 2. The van der Waals surface area contributed by atoms with Gasteiger partial charge in [-0.05, 0) is 57.0 Å². The first-order valence-corrected chi connectivity index (χ1v) is 10.1. The average Bonchev–Trinajstić information content (AvgIpc) is 2.75. The summed E-state index contributed by atoms with van der Waals surface area (Å²) >= 11 is 0. The maximum atomic E-state index is 8.93. The molecule has 0 radical (unpaired) electrons. The van der Waals surface area contributed by atoms with Gasteiger partial charge in [0.05, 0.1) is 11.6 Å². The molecule has 2 heterocycles. The molecule has 0 atom stereocenters. The number of hydrogen-bond acceptors (Lipinski definition) is 6. The van der Waals surface area contributed by atoms with E-state index in [1.165, 1.54) is 0 Å². The highest BCUT2D eigenvalue weighted by atomic mass is 16.5. The van der Waals surface area contributed by atoms with E-state index in [1.807, 2.05) is 36.5 Å². The van der Waals surface area contributed by atoms with Crippen molar-refractivity contribution < 1.29 is 4.74 Å². The lowest BCUT2D eigenvalue weighted by molar-refractivity contribution is 0.0852. The number of benzene rings is 2. The van der Waals surface area contributed by atoms with Gasteiger partial charge in [0.25, 0.3) is 0 Å². The van der Waals surface area contributed by atoms with Crippen molar-refractivity contribution in [1.82, 2.24) is 14.9 Å². The van der Waals surface area contributed by atoms with Gasteiger partial charge in [0.1, 0.15) is 17.4 Å². The van der Waals surface area contributed by atoms with E-state index in [1.54, 1.807) is 12.1 Å². The molecule has 0 unspecified atom stereocenters. The minimum Gasteiger partial charge on any atom is -0.488 e. The van der Waals surface area contributed by atoms with Crippen LogP contribution in [0.3, 0.4) is 0 Å². The van der Waals surface area contributed by atoms with E-state index in [0.29, 0.717) is 17.6 Å². The molecule has 6 nitrogen and oxygen atoms in total. The van der Waals surface area contributed by atoms with Crippen LogP contribution < -0.4 is 10.1 Å². The number of piperidine rings is 1. The van der Waals surface area contributed by atoms with Crippen molar-refractivity contribution >= 4 is 22.5 Å². The summed E-state index contributed by atoms with van der Waals surface area (Å²) in [6.45, 7) is 6.61. The minimum absolute atomic E-state index is 0.209. The maximum Gasteiger partial charge on any atom is 0.227 e. The predicted octanol–water partition coefficient (Wildman–Crippen LogP) is 4.50. The Morgan fingerprint density at radius 1 is 1.14 bits per heavy atom. The third kappa shape index (κ3) is 4.47. The van der Waals surface area contributed by atoms with Crippen LogP contribution in [0.15, 0.2) is 48.7 Å². The molecule has 4 rings (SSSR count). The number of nitrogens with zero attached hydrogens (tertiary/aromatic N) is 4. The summed E-state index contributed by atoms with van der Waals surface area (Å²) in [4.78, 5) is 11.6. The molecule has 1 aliphatic rings. The fraction of sp³-hybridized carbons (Fsp3) is 0.348. The van der Waals surface area contributed by atoms with Crippen molar-refractivity contribution in [3.05, 3.63) is 54.2 Å². The highest BCUT2D eigenvalue weighted by molar-refractivity contribution is 5.85. The molecule has 2 aromatic carbocycles. The van der Waals surface area contributed by atoms with Crippen molar-refractivity contribution in [3.8, 4) is 11.8 Å². The lowest BCUT2D eigenvalue weighted by Gasteiger charge is -2.34. The Kier molecular flexibility index (Phi) is 5.59. The Morgan fingerprint density at radius 3 is 2.59 bits per heavy atom. The summed E-state index contributed by atoms with van der Waals surface area (Å²) in [5, 5.41) is 13.1. The lowest BCUT2D eigenvalue weighted by Crippen LogP contribution is -2.41. The quantitative estimate of drug-likeness (QED) is 0.695. The Hall–Kier alpha value is -3.17. The average molecular weight is 387 g/mol. The summed E-state index contributed by atoms with van der Waals surface area (Å²) < 4.78 is 6.35. The van der Waals surface area contributed by atoms with E-state index in [-0.39, 0.29) is 6.10 Å². The minimum atomic E-state index is 0.209. The molecule has 1 aromatic heterocycles. The highest BCUT2D eigenvalue weighted by Crippen LogP contribution is 2.28. The normalized spacial score (nSPS) is 15.4. The number of para-hydroxylation sites is 1. The fourth-order valence-electron chi connectivity index (χ4n) is 3.63. The van der Waals surface area contributed by atoms with Gasteiger partial charge in [0.15, 0.2) is 0 Å². The van der Waals surface area contributed by atoms with Crippen LogP contribution in [0, 0.1) is 11.3 Å². The third-order valence-electron chi connectivity index (χ3n) is 5.34. The van der Waals surface area contributed by atoms with Crippen LogP contribution in [0.5, 0.6) is 5.75 Å². The zero-order valence-corrected chi connectivity index (χ0v) is 16.8. The Labute approximate surface area is 171 Å². The van der Waals surface area contributed by atoms with Gasteiger partial charge in [-0.2, -0.15) is 5.26 Å². The lowest BCUT2D eigenvalue weighted by atomic mass is 10.1. The molecule has 1 N–H and O–H groups in total. The molecular formula is C23H25N5O. The van der Waals surface area contributed by atoms with E-state index in [4.69, 9.17) is 15.0 Å². The van der Waals surface area contributed by atoms with Crippen molar-refractivity contribution in [1.29, 1.82) is 5.26 Å². The molecule has 0 spiro atoms. The van der Waals surface area contributed by atoms with Crippen LogP contribution in [-0.2, 0) is 0 Å². The highest BCUT2D eigenvalue weighted by Gasteiger charge is 2.22. The van der Waals surface area contributed by atoms with Gasteiger partial charge in [-0.3, -0.25) is 0 Å². The van der Waals surface area contributed by atoms with Crippen LogP contribution in [-0.4, -0.2) is 40.1 Å². The molecule has 3 aromatic rings. The zero-order chi connectivity index (χ0) is 20.2. The van der Waals surface area contributed by atoms with E-state index < -0.39 is 0 Å². The van der Waals surface area contributed by atoms with Gasteiger partial charge in [0, 0.05) is 36.4 Å². The van der Waals surface area contributed by atoms with Gasteiger partial charge in [0.2, 0.25) is 5.95 Å². The smallest absolute Gasteiger partial charge is 0.227 e. The number of nitriles is 1. The first-order chi connectivity index (χ1) is 14.1. The Balaban J connectivity index is 1.52. The number of nitrogens with one attached hydrogen (secondary N) is 1. The summed E-state index contributed by atoms with van der Waals surface area (Å²) in [5.41, 5.74) is 2.27. The topological polar surface area (TPSA) is 74.1 Å². The molecule has 0 saturated carbocycles. The summed E-state index contributed by atoms with van der Waals surface area (Å²) in [7, 11) is 0. The standard InChI is InChI=1S/C23H25N5O/c1-16(2)28-12-10-20(11-13-28)29-21-5-3-4-18-15-25-23(27-22(18)21)26-19-8-6-17(14-24)7-9-19/h3-9,15-16,20H,10-13H2,1-2H3,(H,25,26,27). The second kappa shape index (κ2) is 8.46. The molecule has 6 heteroatoms. The first kappa shape index (κ1) is 19.2. The summed E-state index contributed by atoms with van der Waals surface area (Å²) in [6.07, 6.45) is 4.06. The second-order valence-electron chi connectivity index (χ2n) is 7.65. The molecule has 0 aliphatic carbocycles. The van der Waals surface area contributed by atoms with Crippen molar-refractivity contribution in [3.63, 3.8) is 0 Å². The first-order valence-electron chi connectivity index (χ1n) is 10.1. The largest absolute Gasteiger partial charge is 0.488 e. The van der Waals surface area contributed by atoms with E-state index in [2.05, 4.69) is 35.1 Å². The third-order valence-corrected chi connectivity index (χ3v) is 5.34. The molecule has 1 aliphatic heterocycles. The number of fused-ring (bicyclic) bond motifs is 1. The Bertz CT molecular complexity index is 1020. The van der Waals surface area contributed by atoms with E-state index >= 15 is 0 Å². The Morgan fingerprint density at radius 2 is 1.90 bits per heavy atom. The molecule has 29 heavy (non-hydrogen) atoms. The van der Waals surface area contributed by atoms with Gasteiger partial charge >= 0.3 is 0 Å². The van der Waals surface area contributed by atoms with Crippen molar-refractivity contribution in [2.45, 2.75) is 38.8 Å². The molecule has 1 fully saturated rings. The van der Waals surface area contributed by atoms with Crippen molar-refractivity contribution in [2.75, 3.05) is 18.4 Å². The number of hydrogen-bond donors (Lipinski definition) is 1. The molecule has 0 amide bonds. The van der Waals surface area contributed by atoms with Crippen molar-refractivity contribution in [2.24, 2.45) is 0 Å². The van der Waals surface area contributed by atoms with Crippen LogP contribution in [0.1, 0.15) is 32.3 Å². The van der Waals surface area contributed by atoms with Gasteiger partial charge in [-0.25, -0.2) is 9.97 Å². The van der Waals surface area contributed by atoms with Gasteiger partial charge in [-0.1, -0.05) is 12.1 Å². The van der Waals surface area contributed by atoms with E-state index in [9.17, 15) is 0 Å².